The minimum absolute atomic E-state index is 0. The second-order valence-electron chi connectivity index (χ2n) is 6.49. The zero-order valence-electron chi connectivity index (χ0n) is 17.0. The van der Waals surface area contributed by atoms with E-state index < -0.39 is 0 Å². The molecule has 158 valence electrons. The van der Waals surface area contributed by atoms with Crippen LogP contribution < -0.4 is 10.1 Å². The zero-order chi connectivity index (χ0) is 19.6. The maximum atomic E-state index is 12.0. The van der Waals surface area contributed by atoms with E-state index in [0.29, 0.717) is 32.2 Å². The van der Waals surface area contributed by atoms with Gasteiger partial charge in [-0.25, -0.2) is 9.98 Å². The predicted octanol–water partition coefficient (Wildman–Crippen LogP) is 1.93. The smallest absolute Gasteiger partial charge is 0.310 e. The maximum absolute atomic E-state index is 12.0. The van der Waals surface area contributed by atoms with Crippen molar-refractivity contribution in [2.75, 3.05) is 47.1 Å². The van der Waals surface area contributed by atoms with Gasteiger partial charge in [0.15, 0.2) is 5.96 Å². The highest BCUT2D eigenvalue weighted by molar-refractivity contribution is 14.0. The summed E-state index contributed by atoms with van der Waals surface area (Å²) in [6, 6.07) is 3.82. The molecule has 8 nitrogen and oxygen atoms in total. The number of nitrogens with zero attached hydrogens (tertiary/aromatic N) is 3. The number of hydrogen-bond donors (Lipinski definition) is 1. The van der Waals surface area contributed by atoms with Gasteiger partial charge in [-0.2, -0.15) is 0 Å². The Kier molecular flexibility index (Phi) is 11.1. The van der Waals surface area contributed by atoms with Gasteiger partial charge in [0.2, 0.25) is 5.88 Å². The van der Waals surface area contributed by atoms with Crippen LogP contribution in [0, 0.1) is 11.8 Å². The monoisotopic (exact) mass is 506 g/mol. The van der Waals surface area contributed by atoms with Crippen molar-refractivity contribution in [2.45, 2.75) is 20.4 Å². The van der Waals surface area contributed by atoms with Crippen molar-refractivity contribution in [2.24, 2.45) is 16.8 Å². The second-order valence-corrected chi connectivity index (χ2v) is 6.49. The van der Waals surface area contributed by atoms with Crippen molar-refractivity contribution in [1.29, 1.82) is 0 Å². The van der Waals surface area contributed by atoms with E-state index in [1.54, 1.807) is 13.3 Å². The number of carbonyl (C=O) groups excluding carboxylic acids is 1. The standard InChI is InChI=1S/C19H30N4O4.HI/c1-5-20-19(23-12-14(2)16(13-23)18(24)26-4)22-11-15-7-6-8-21-17(15)27-10-9-25-3;/h6-8,14,16H,5,9-13H2,1-4H3,(H,20,22);1H. The number of likely N-dealkylation sites (tertiary alicyclic amines) is 1. The third kappa shape index (κ3) is 6.77. The van der Waals surface area contributed by atoms with Crippen molar-refractivity contribution in [3.8, 4) is 5.88 Å². The largest absolute Gasteiger partial charge is 0.475 e. The van der Waals surface area contributed by atoms with Crippen LogP contribution >= 0.6 is 24.0 Å². The lowest BCUT2D eigenvalue weighted by Crippen LogP contribution is -2.40. The summed E-state index contributed by atoms with van der Waals surface area (Å²) in [5, 5.41) is 3.31. The van der Waals surface area contributed by atoms with Gasteiger partial charge in [0.25, 0.3) is 0 Å². The third-order valence-corrected chi connectivity index (χ3v) is 4.53. The molecule has 2 heterocycles. The van der Waals surface area contributed by atoms with Crippen LogP contribution in [-0.4, -0.2) is 68.9 Å². The lowest BCUT2D eigenvalue weighted by molar-refractivity contribution is -0.145. The van der Waals surface area contributed by atoms with E-state index in [0.717, 1.165) is 24.6 Å². The quantitative estimate of drug-likeness (QED) is 0.190. The van der Waals surface area contributed by atoms with Crippen LogP contribution in [0.25, 0.3) is 0 Å². The van der Waals surface area contributed by atoms with Crippen molar-refractivity contribution in [1.82, 2.24) is 15.2 Å². The number of guanidine groups is 1. The van der Waals surface area contributed by atoms with Gasteiger partial charge in [0.05, 0.1) is 26.2 Å². The Morgan fingerprint density at radius 2 is 2.14 bits per heavy atom. The first-order valence-electron chi connectivity index (χ1n) is 9.27. The third-order valence-electron chi connectivity index (χ3n) is 4.53. The summed E-state index contributed by atoms with van der Waals surface area (Å²) in [6.45, 7) is 7.57. The summed E-state index contributed by atoms with van der Waals surface area (Å²) < 4.78 is 15.6. The van der Waals surface area contributed by atoms with Crippen LogP contribution in [0.4, 0.5) is 0 Å². The van der Waals surface area contributed by atoms with E-state index >= 15 is 0 Å². The Bertz CT molecular complexity index is 644. The average molecular weight is 506 g/mol. The van der Waals surface area contributed by atoms with Crippen LogP contribution in [0.3, 0.4) is 0 Å². The molecule has 0 amide bonds. The Hall–Kier alpha value is -1.62. The number of pyridine rings is 1. The molecule has 1 N–H and O–H groups in total. The number of hydrogen-bond acceptors (Lipinski definition) is 6. The average Bonchev–Trinajstić information content (AvgIpc) is 3.07. The zero-order valence-corrected chi connectivity index (χ0v) is 19.3. The number of halogens is 1. The van der Waals surface area contributed by atoms with E-state index in [1.165, 1.54) is 7.11 Å². The van der Waals surface area contributed by atoms with E-state index in [1.807, 2.05) is 19.1 Å². The molecule has 2 rings (SSSR count). The molecule has 28 heavy (non-hydrogen) atoms. The predicted molar refractivity (Wildman–Crippen MR) is 118 cm³/mol. The van der Waals surface area contributed by atoms with Crippen LogP contribution in [-0.2, 0) is 20.8 Å². The number of esters is 1. The molecule has 0 aliphatic carbocycles. The topological polar surface area (TPSA) is 85.3 Å². The molecule has 0 spiro atoms. The van der Waals surface area contributed by atoms with E-state index in [9.17, 15) is 4.79 Å². The van der Waals surface area contributed by atoms with Crippen molar-refractivity contribution < 1.29 is 19.0 Å². The number of aliphatic imine (C=N–C) groups is 1. The van der Waals surface area contributed by atoms with E-state index in [-0.39, 0.29) is 41.8 Å². The van der Waals surface area contributed by atoms with E-state index in [2.05, 4.69) is 22.1 Å². The summed E-state index contributed by atoms with van der Waals surface area (Å²) in [4.78, 5) is 23.1. The summed E-state index contributed by atoms with van der Waals surface area (Å²) in [5.74, 6) is 1.26. The number of methoxy groups -OCH3 is 2. The number of carbonyl (C=O) groups is 1. The minimum atomic E-state index is -0.165. The first-order valence-corrected chi connectivity index (χ1v) is 9.27. The molecule has 1 saturated heterocycles. The lowest BCUT2D eigenvalue weighted by Gasteiger charge is -2.21. The molecule has 2 unspecified atom stereocenters. The van der Waals surface area contributed by atoms with Gasteiger partial charge in [-0.1, -0.05) is 13.0 Å². The van der Waals surface area contributed by atoms with Crippen molar-refractivity contribution in [3.63, 3.8) is 0 Å². The Morgan fingerprint density at radius 3 is 2.82 bits per heavy atom. The molecule has 0 radical (unpaired) electrons. The Morgan fingerprint density at radius 1 is 1.36 bits per heavy atom. The van der Waals surface area contributed by atoms with Crippen LogP contribution in [0.15, 0.2) is 23.3 Å². The summed E-state index contributed by atoms with van der Waals surface area (Å²) in [6.07, 6.45) is 1.70. The molecule has 1 aliphatic rings. The number of rotatable bonds is 8. The molecule has 9 heteroatoms. The fourth-order valence-corrected chi connectivity index (χ4v) is 3.08. The van der Waals surface area contributed by atoms with Crippen LogP contribution in [0.1, 0.15) is 19.4 Å². The molecule has 2 atom stereocenters. The van der Waals surface area contributed by atoms with Gasteiger partial charge in [0, 0.05) is 38.5 Å². The highest BCUT2D eigenvalue weighted by Gasteiger charge is 2.36. The number of aromatic nitrogens is 1. The molecule has 0 saturated carbocycles. The van der Waals surface area contributed by atoms with Gasteiger partial charge < -0.3 is 24.4 Å². The molecule has 1 fully saturated rings. The Labute approximate surface area is 184 Å². The minimum Gasteiger partial charge on any atom is -0.475 e. The fraction of sp³-hybridized carbons (Fsp3) is 0.632. The van der Waals surface area contributed by atoms with Crippen LogP contribution in [0.5, 0.6) is 5.88 Å². The molecule has 1 aromatic heterocycles. The van der Waals surface area contributed by atoms with Gasteiger partial charge in [0.1, 0.15) is 6.61 Å². The van der Waals surface area contributed by atoms with Gasteiger partial charge in [-0.05, 0) is 18.9 Å². The van der Waals surface area contributed by atoms with Crippen molar-refractivity contribution >= 4 is 35.9 Å². The summed E-state index contributed by atoms with van der Waals surface area (Å²) in [5.41, 5.74) is 0.903. The highest BCUT2D eigenvalue weighted by Crippen LogP contribution is 2.24. The second kappa shape index (κ2) is 12.8. The first kappa shape index (κ1) is 24.4. The molecule has 1 aromatic rings. The fourth-order valence-electron chi connectivity index (χ4n) is 3.08. The van der Waals surface area contributed by atoms with Crippen molar-refractivity contribution in [3.05, 3.63) is 23.9 Å². The lowest BCUT2D eigenvalue weighted by atomic mass is 9.99. The first-order chi connectivity index (χ1) is 13.1. The molecular weight excluding hydrogens is 475 g/mol. The van der Waals surface area contributed by atoms with Gasteiger partial charge in [-0.3, -0.25) is 4.79 Å². The molecule has 0 aromatic carbocycles. The molecule has 0 bridgehead atoms. The molecular formula is C19H31IN4O4. The van der Waals surface area contributed by atoms with Gasteiger partial charge in [-0.15, -0.1) is 24.0 Å². The van der Waals surface area contributed by atoms with Crippen LogP contribution in [0.2, 0.25) is 0 Å². The normalized spacial score (nSPS) is 19.1. The summed E-state index contributed by atoms with van der Waals surface area (Å²) >= 11 is 0. The number of ether oxygens (including phenoxy) is 3. The highest BCUT2D eigenvalue weighted by atomic mass is 127. The number of nitrogens with one attached hydrogen (secondary N) is 1. The van der Waals surface area contributed by atoms with E-state index in [4.69, 9.17) is 19.2 Å². The molecule has 1 aliphatic heterocycles. The maximum Gasteiger partial charge on any atom is 0.310 e. The summed E-state index contributed by atoms with van der Waals surface area (Å²) in [7, 11) is 3.07. The Balaban J connectivity index is 0.00000392. The SMILES string of the molecule is CCNC(=NCc1cccnc1OCCOC)N1CC(C)C(C(=O)OC)C1.I. The van der Waals surface area contributed by atoms with Gasteiger partial charge >= 0.3 is 5.97 Å².